The van der Waals surface area contributed by atoms with Crippen molar-refractivity contribution in [3.8, 4) is 11.5 Å². The van der Waals surface area contributed by atoms with Gasteiger partial charge in [-0.05, 0) is 35.7 Å². The first kappa shape index (κ1) is 29.6. The van der Waals surface area contributed by atoms with E-state index in [0.29, 0.717) is 17.1 Å². The van der Waals surface area contributed by atoms with Gasteiger partial charge in [-0.25, -0.2) is 4.79 Å². The molecule has 4 aromatic rings. The molecule has 2 unspecified atom stereocenters. The molecule has 0 fully saturated rings. The Kier molecular flexibility index (Phi) is 10.7. The normalized spacial score (nSPS) is 12.9. The molecule has 0 spiro atoms. The molecule has 0 radical (unpaired) electrons. The molecule has 1 amide bonds. The summed E-state index contributed by atoms with van der Waals surface area (Å²) in [5, 5.41) is 2.52. The molecule has 8 nitrogen and oxygen atoms in total. The quantitative estimate of drug-likeness (QED) is 0.131. The van der Waals surface area contributed by atoms with Crippen LogP contribution in [0.25, 0.3) is 0 Å². The van der Waals surface area contributed by atoms with Gasteiger partial charge in [0.2, 0.25) is 7.37 Å². The summed E-state index contributed by atoms with van der Waals surface area (Å²) >= 11 is 0. The Balaban J connectivity index is 1.45. The Morgan fingerprint density at radius 1 is 0.732 bits per heavy atom. The highest BCUT2D eigenvalue weighted by Crippen LogP contribution is 2.51. The summed E-state index contributed by atoms with van der Waals surface area (Å²) < 4.78 is 30.4. The summed E-state index contributed by atoms with van der Waals surface area (Å²) in [6.07, 6.45) is -1.45. The first-order chi connectivity index (χ1) is 19.9. The maximum absolute atomic E-state index is 13.8. The van der Waals surface area contributed by atoms with Crippen LogP contribution in [0, 0.1) is 0 Å². The minimum Gasteiger partial charge on any atom is -0.461 e. The van der Waals surface area contributed by atoms with Crippen LogP contribution in [0.4, 0.5) is 4.79 Å². The lowest BCUT2D eigenvalue weighted by Crippen LogP contribution is -2.36. The van der Waals surface area contributed by atoms with Crippen molar-refractivity contribution in [1.82, 2.24) is 5.32 Å². The second-order valence-electron chi connectivity index (χ2n) is 9.34. The van der Waals surface area contributed by atoms with Crippen LogP contribution in [0.2, 0.25) is 0 Å². The molecule has 0 saturated carbocycles. The van der Waals surface area contributed by atoms with Crippen molar-refractivity contribution in [3.63, 3.8) is 0 Å². The molecule has 4 aromatic carbocycles. The van der Waals surface area contributed by atoms with Crippen LogP contribution < -0.4 is 10.1 Å². The average molecular weight is 574 g/mol. The molecular formula is C32H32NO7P. The zero-order chi connectivity index (χ0) is 28.9. The largest absolute Gasteiger partial charge is 0.461 e. The number of nitrogens with one attached hydrogen (secondary N) is 1. The topological polar surface area (TPSA) is 111 Å². The van der Waals surface area contributed by atoms with Gasteiger partial charge in [0.1, 0.15) is 30.5 Å². The standard InChI is InChI=1S/C32H32NO7P/c34-31(38-22-25-12-4-1-5-13-25)21-20-30(33-32(35)39-23-26-14-6-2-7-15-26)41(36,37)24-27-16-10-11-19-29(27)40-28-17-8-3-9-18-28/h1-19,30H,20-24H2,(H,33,35)(H,36,37). The molecule has 0 saturated heterocycles. The number of hydrogen-bond donors (Lipinski definition) is 2. The van der Waals surface area contributed by atoms with Crippen molar-refractivity contribution < 1.29 is 33.3 Å². The van der Waals surface area contributed by atoms with Gasteiger partial charge in [-0.2, -0.15) is 0 Å². The molecule has 4 rings (SSSR count). The van der Waals surface area contributed by atoms with E-state index in [1.165, 1.54) is 0 Å². The zero-order valence-electron chi connectivity index (χ0n) is 22.4. The number of ether oxygens (including phenoxy) is 3. The van der Waals surface area contributed by atoms with E-state index in [0.717, 1.165) is 11.1 Å². The van der Waals surface area contributed by atoms with Gasteiger partial charge in [0, 0.05) is 12.0 Å². The lowest BCUT2D eigenvalue weighted by atomic mass is 10.2. The fourth-order valence-electron chi connectivity index (χ4n) is 4.04. The highest BCUT2D eigenvalue weighted by molar-refractivity contribution is 7.57. The van der Waals surface area contributed by atoms with Gasteiger partial charge in [-0.3, -0.25) is 9.36 Å². The Morgan fingerprint density at radius 3 is 1.90 bits per heavy atom. The van der Waals surface area contributed by atoms with E-state index in [9.17, 15) is 19.0 Å². The van der Waals surface area contributed by atoms with Crippen molar-refractivity contribution in [2.75, 3.05) is 0 Å². The maximum atomic E-state index is 13.8. The third-order valence-corrected chi connectivity index (χ3v) is 8.34. The van der Waals surface area contributed by atoms with Gasteiger partial charge in [0.05, 0.1) is 6.16 Å². The van der Waals surface area contributed by atoms with Crippen molar-refractivity contribution in [3.05, 3.63) is 132 Å². The minimum atomic E-state index is -4.14. The van der Waals surface area contributed by atoms with E-state index in [-0.39, 0.29) is 32.2 Å². The summed E-state index contributed by atoms with van der Waals surface area (Å²) in [4.78, 5) is 36.4. The van der Waals surface area contributed by atoms with Gasteiger partial charge >= 0.3 is 12.1 Å². The van der Waals surface area contributed by atoms with Gasteiger partial charge in [0.15, 0.2) is 0 Å². The number of carbonyl (C=O) groups is 2. The number of rotatable bonds is 13. The lowest BCUT2D eigenvalue weighted by molar-refractivity contribution is -0.145. The van der Waals surface area contributed by atoms with Crippen LogP contribution in [0.3, 0.4) is 0 Å². The van der Waals surface area contributed by atoms with E-state index >= 15 is 0 Å². The van der Waals surface area contributed by atoms with Crippen LogP contribution in [0.1, 0.15) is 29.5 Å². The summed E-state index contributed by atoms with van der Waals surface area (Å²) in [5.41, 5.74) is 2.07. The van der Waals surface area contributed by atoms with Crippen LogP contribution >= 0.6 is 7.37 Å². The molecule has 0 aromatic heterocycles. The minimum absolute atomic E-state index is 0.0119. The summed E-state index contributed by atoms with van der Waals surface area (Å²) in [6, 6.07) is 34.3. The molecule has 0 aliphatic rings. The van der Waals surface area contributed by atoms with Crippen LogP contribution in [0.5, 0.6) is 11.5 Å². The van der Waals surface area contributed by atoms with Gasteiger partial charge in [0.25, 0.3) is 0 Å². The van der Waals surface area contributed by atoms with E-state index in [1.54, 1.807) is 48.5 Å². The lowest BCUT2D eigenvalue weighted by Gasteiger charge is -2.24. The number of alkyl carbamates (subject to hydrolysis) is 1. The predicted octanol–water partition coefficient (Wildman–Crippen LogP) is 7.03. The molecule has 212 valence electrons. The van der Waals surface area contributed by atoms with Crippen LogP contribution in [0.15, 0.2) is 115 Å². The smallest absolute Gasteiger partial charge is 0.408 e. The molecule has 9 heteroatoms. The highest BCUT2D eigenvalue weighted by Gasteiger charge is 2.34. The Bertz CT molecular complexity index is 1450. The third-order valence-electron chi connectivity index (χ3n) is 6.19. The average Bonchev–Trinajstić information content (AvgIpc) is 2.99. The van der Waals surface area contributed by atoms with Gasteiger partial charge in [-0.1, -0.05) is 97.1 Å². The number of amides is 1. The number of hydrogen-bond acceptors (Lipinski definition) is 6. The molecule has 0 aliphatic heterocycles. The van der Waals surface area contributed by atoms with Crippen LogP contribution in [-0.4, -0.2) is 22.7 Å². The molecular weight excluding hydrogens is 541 g/mol. The third kappa shape index (κ3) is 9.64. The van der Waals surface area contributed by atoms with E-state index in [1.807, 2.05) is 66.7 Å². The van der Waals surface area contributed by atoms with Gasteiger partial charge in [-0.15, -0.1) is 0 Å². The van der Waals surface area contributed by atoms with Crippen molar-refractivity contribution in [1.29, 1.82) is 0 Å². The molecule has 0 heterocycles. The molecule has 41 heavy (non-hydrogen) atoms. The van der Waals surface area contributed by atoms with E-state index in [4.69, 9.17) is 14.2 Å². The SMILES string of the molecule is O=C(CCC(NC(=O)OCc1ccccc1)P(=O)(O)Cc1ccccc1Oc1ccccc1)OCc1ccccc1. The van der Waals surface area contributed by atoms with Gasteiger partial charge < -0.3 is 24.4 Å². The first-order valence-corrected chi connectivity index (χ1v) is 15.1. The predicted molar refractivity (Wildman–Crippen MR) is 156 cm³/mol. The monoisotopic (exact) mass is 573 g/mol. The molecule has 0 aliphatic carbocycles. The number of carbonyl (C=O) groups excluding carboxylic acids is 2. The second-order valence-corrected chi connectivity index (χ2v) is 11.8. The first-order valence-electron chi connectivity index (χ1n) is 13.2. The maximum Gasteiger partial charge on any atom is 0.408 e. The number of esters is 1. The van der Waals surface area contributed by atoms with E-state index < -0.39 is 25.2 Å². The summed E-state index contributed by atoms with van der Waals surface area (Å²) in [6.45, 7) is 0.0693. The fraction of sp³-hybridized carbons (Fsp3) is 0.188. The van der Waals surface area contributed by atoms with Crippen molar-refractivity contribution in [2.45, 2.75) is 38.0 Å². The second kappa shape index (κ2) is 14.8. The Morgan fingerprint density at radius 2 is 1.27 bits per heavy atom. The number of benzene rings is 4. The molecule has 2 N–H and O–H groups in total. The summed E-state index contributed by atoms with van der Waals surface area (Å²) in [5.74, 6) is -0.820. The fourth-order valence-corrected chi connectivity index (χ4v) is 5.85. The van der Waals surface area contributed by atoms with E-state index in [2.05, 4.69) is 5.32 Å². The number of para-hydroxylation sites is 2. The Hall–Kier alpha value is -4.39. The highest BCUT2D eigenvalue weighted by atomic mass is 31.2. The molecule has 0 bridgehead atoms. The zero-order valence-corrected chi connectivity index (χ0v) is 23.3. The van der Waals surface area contributed by atoms with Crippen molar-refractivity contribution in [2.24, 2.45) is 0 Å². The molecule has 2 atom stereocenters. The van der Waals surface area contributed by atoms with Crippen LogP contribution in [-0.2, 0) is 38.2 Å². The Labute approximate surface area is 239 Å². The summed E-state index contributed by atoms with van der Waals surface area (Å²) in [7, 11) is -4.14. The van der Waals surface area contributed by atoms with Crippen molar-refractivity contribution >= 4 is 19.4 Å².